The third-order valence-electron chi connectivity index (χ3n) is 5.35. The van der Waals surface area contributed by atoms with Gasteiger partial charge in [-0.15, -0.1) is 0 Å². The molecular formula is C25H30N4O3. The van der Waals surface area contributed by atoms with E-state index in [0.29, 0.717) is 13.2 Å². The molecule has 32 heavy (non-hydrogen) atoms. The van der Waals surface area contributed by atoms with Crippen molar-refractivity contribution in [2.24, 2.45) is 0 Å². The summed E-state index contributed by atoms with van der Waals surface area (Å²) >= 11 is 0. The van der Waals surface area contributed by atoms with Crippen molar-refractivity contribution in [2.75, 3.05) is 26.8 Å². The third-order valence-corrected chi connectivity index (χ3v) is 5.35. The van der Waals surface area contributed by atoms with Crippen molar-refractivity contribution in [3.05, 3.63) is 72.1 Å². The SMILES string of the molecule is COCc1cc(CN2CCO[C@H](c3ccc(-c4cncnc4)cn3)C2)ccc1OC(C)C. The molecule has 0 bridgehead atoms. The van der Waals surface area contributed by atoms with Gasteiger partial charge < -0.3 is 14.2 Å². The normalized spacial score (nSPS) is 16.9. The summed E-state index contributed by atoms with van der Waals surface area (Å²) in [5.74, 6) is 0.888. The van der Waals surface area contributed by atoms with E-state index in [1.807, 2.05) is 32.2 Å². The van der Waals surface area contributed by atoms with Crippen LogP contribution in [0.25, 0.3) is 11.1 Å². The fourth-order valence-corrected chi connectivity index (χ4v) is 3.87. The Bertz CT molecular complexity index is 996. The van der Waals surface area contributed by atoms with Gasteiger partial charge >= 0.3 is 0 Å². The predicted octanol–water partition coefficient (Wildman–Crippen LogP) is 4.05. The van der Waals surface area contributed by atoms with Crippen LogP contribution in [0, 0.1) is 0 Å². The summed E-state index contributed by atoms with van der Waals surface area (Å²) in [5.41, 5.74) is 5.20. The number of morpholine rings is 1. The second-order valence-electron chi connectivity index (χ2n) is 8.24. The molecule has 1 aliphatic heterocycles. The Morgan fingerprint density at radius 1 is 1.09 bits per heavy atom. The van der Waals surface area contributed by atoms with Crippen molar-refractivity contribution < 1.29 is 14.2 Å². The van der Waals surface area contributed by atoms with Gasteiger partial charge in [0.15, 0.2) is 0 Å². The van der Waals surface area contributed by atoms with Crippen LogP contribution in [0.5, 0.6) is 5.75 Å². The molecule has 0 unspecified atom stereocenters. The summed E-state index contributed by atoms with van der Waals surface area (Å²) in [4.78, 5) is 15.2. The van der Waals surface area contributed by atoms with Gasteiger partial charge in [-0.1, -0.05) is 12.1 Å². The second-order valence-corrected chi connectivity index (χ2v) is 8.24. The Hall–Kier alpha value is -2.87. The maximum absolute atomic E-state index is 6.03. The molecule has 1 aliphatic rings. The lowest BCUT2D eigenvalue weighted by atomic mass is 10.1. The number of aromatic nitrogens is 3. The van der Waals surface area contributed by atoms with Crippen molar-refractivity contribution >= 4 is 0 Å². The first kappa shape index (κ1) is 22.3. The van der Waals surface area contributed by atoms with E-state index < -0.39 is 0 Å². The maximum atomic E-state index is 6.03. The number of benzene rings is 1. The molecule has 0 amide bonds. The smallest absolute Gasteiger partial charge is 0.125 e. The lowest BCUT2D eigenvalue weighted by Gasteiger charge is -2.32. The van der Waals surface area contributed by atoms with E-state index in [2.05, 4.69) is 38.1 Å². The predicted molar refractivity (Wildman–Crippen MR) is 122 cm³/mol. The molecule has 0 radical (unpaired) electrons. The lowest BCUT2D eigenvalue weighted by molar-refractivity contribution is -0.0350. The van der Waals surface area contributed by atoms with Gasteiger partial charge in [-0.25, -0.2) is 9.97 Å². The standard InChI is InChI=1S/C25H30N4O3/c1-18(2)32-24-7-4-19(10-21(24)16-30-3)14-29-8-9-31-25(15-29)23-6-5-20(13-28-23)22-11-26-17-27-12-22/h4-7,10-13,17-18,25H,8-9,14-16H2,1-3H3/t25-/m0/s1. The zero-order chi connectivity index (χ0) is 22.3. The number of methoxy groups -OCH3 is 1. The van der Waals surface area contributed by atoms with E-state index >= 15 is 0 Å². The van der Waals surface area contributed by atoms with Crippen molar-refractivity contribution in [3.8, 4) is 16.9 Å². The minimum absolute atomic E-state index is 0.0492. The van der Waals surface area contributed by atoms with Crippen LogP contribution >= 0.6 is 0 Å². The van der Waals surface area contributed by atoms with Crippen LogP contribution in [-0.2, 0) is 22.6 Å². The summed E-state index contributed by atoms with van der Waals surface area (Å²) in [6.45, 7) is 7.81. The quantitative estimate of drug-likeness (QED) is 0.530. The van der Waals surface area contributed by atoms with Crippen LogP contribution in [-0.4, -0.2) is 52.8 Å². The molecule has 0 spiro atoms. The Balaban J connectivity index is 1.42. The number of nitrogens with zero attached hydrogens (tertiary/aromatic N) is 4. The van der Waals surface area contributed by atoms with Gasteiger partial charge in [-0.05, 0) is 37.6 Å². The van der Waals surface area contributed by atoms with E-state index in [0.717, 1.165) is 47.8 Å². The van der Waals surface area contributed by atoms with Crippen LogP contribution in [0.3, 0.4) is 0 Å². The minimum atomic E-state index is -0.0492. The second kappa shape index (κ2) is 10.6. The van der Waals surface area contributed by atoms with Crippen molar-refractivity contribution in [1.29, 1.82) is 0 Å². The average Bonchev–Trinajstić information content (AvgIpc) is 2.82. The monoisotopic (exact) mass is 434 g/mol. The molecule has 2 aromatic heterocycles. The van der Waals surface area contributed by atoms with E-state index in [4.69, 9.17) is 14.2 Å². The number of rotatable bonds is 8. The highest BCUT2D eigenvalue weighted by atomic mass is 16.5. The van der Waals surface area contributed by atoms with E-state index in [-0.39, 0.29) is 12.2 Å². The Kier molecular flexibility index (Phi) is 7.42. The molecule has 0 saturated carbocycles. The summed E-state index contributed by atoms with van der Waals surface area (Å²) < 4.78 is 17.3. The Morgan fingerprint density at radius 3 is 2.66 bits per heavy atom. The molecule has 3 heterocycles. The molecule has 7 nitrogen and oxygen atoms in total. The first-order chi connectivity index (χ1) is 15.6. The van der Waals surface area contributed by atoms with Gasteiger partial charge in [0.25, 0.3) is 0 Å². The zero-order valence-corrected chi connectivity index (χ0v) is 18.9. The highest BCUT2D eigenvalue weighted by Gasteiger charge is 2.23. The van der Waals surface area contributed by atoms with Gasteiger partial charge in [0.1, 0.15) is 18.2 Å². The summed E-state index contributed by atoms with van der Waals surface area (Å²) in [6.07, 6.45) is 7.05. The van der Waals surface area contributed by atoms with E-state index in [1.54, 1.807) is 19.5 Å². The number of ether oxygens (including phenoxy) is 3. The van der Waals surface area contributed by atoms with Crippen LogP contribution in [0.4, 0.5) is 0 Å². The summed E-state index contributed by atoms with van der Waals surface area (Å²) in [7, 11) is 1.71. The number of pyridine rings is 1. The molecule has 3 aromatic rings. The molecule has 1 atom stereocenters. The maximum Gasteiger partial charge on any atom is 0.125 e. The van der Waals surface area contributed by atoms with Gasteiger partial charge in [0, 0.05) is 62.0 Å². The highest BCUT2D eigenvalue weighted by Crippen LogP contribution is 2.26. The van der Waals surface area contributed by atoms with Crippen LogP contribution in [0.15, 0.2) is 55.2 Å². The first-order valence-electron chi connectivity index (χ1n) is 10.9. The van der Waals surface area contributed by atoms with Crippen LogP contribution in [0.1, 0.15) is 36.8 Å². The van der Waals surface area contributed by atoms with Gasteiger partial charge in [-0.3, -0.25) is 9.88 Å². The number of hydrogen-bond donors (Lipinski definition) is 0. The fourth-order valence-electron chi connectivity index (χ4n) is 3.87. The summed E-state index contributed by atoms with van der Waals surface area (Å²) in [5, 5.41) is 0. The molecular weight excluding hydrogens is 404 g/mol. The average molecular weight is 435 g/mol. The third kappa shape index (κ3) is 5.68. The molecule has 7 heteroatoms. The van der Waals surface area contributed by atoms with Crippen LogP contribution < -0.4 is 4.74 Å². The van der Waals surface area contributed by atoms with Crippen molar-refractivity contribution in [1.82, 2.24) is 19.9 Å². The van der Waals surface area contributed by atoms with Crippen molar-refractivity contribution in [3.63, 3.8) is 0 Å². The molecule has 0 N–H and O–H groups in total. The molecule has 0 aliphatic carbocycles. The molecule has 168 valence electrons. The van der Waals surface area contributed by atoms with Gasteiger partial charge in [-0.2, -0.15) is 0 Å². The van der Waals surface area contributed by atoms with Gasteiger partial charge in [0.2, 0.25) is 0 Å². The molecule has 1 fully saturated rings. The Morgan fingerprint density at radius 2 is 1.94 bits per heavy atom. The first-order valence-corrected chi connectivity index (χ1v) is 10.9. The lowest BCUT2D eigenvalue weighted by Crippen LogP contribution is -2.38. The summed E-state index contributed by atoms with van der Waals surface area (Å²) in [6, 6.07) is 10.4. The zero-order valence-electron chi connectivity index (χ0n) is 18.9. The van der Waals surface area contributed by atoms with E-state index in [9.17, 15) is 0 Å². The minimum Gasteiger partial charge on any atom is -0.491 e. The molecule has 1 saturated heterocycles. The number of hydrogen-bond acceptors (Lipinski definition) is 7. The van der Waals surface area contributed by atoms with Crippen molar-refractivity contribution in [2.45, 2.75) is 39.2 Å². The molecule has 1 aromatic carbocycles. The van der Waals surface area contributed by atoms with Crippen LogP contribution in [0.2, 0.25) is 0 Å². The Labute approximate surface area is 189 Å². The largest absolute Gasteiger partial charge is 0.491 e. The van der Waals surface area contributed by atoms with E-state index in [1.165, 1.54) is 11.9 Å². The van der Waals surface area contributed by atoms with Gasteiger partial charge in [0.05, 0.1) is 25.0 Å². The molecule has 4 rings (SSSR count). The topological polar surface area (TPSA) is 69.6 Å². The fraction of sp³-hybridized carbons (Fsp3) is 0.400. The highest BCUT2D eigenvalue weighted by molar-refractivity contribution is 5.60.